The summed E-state index contributed by atoms with van der Waals surface area (Å²) < 4.78 is 84.6. The Morgan fingerprint density at radius 2 is 1.31 bits per heavy atom. The maximum absolute atomic E-state index is 12.0. The van der Waals surface area contributed by atoms with Crippen LogP contribution >= 0.6 is 0 Å². The van der Waals surface area contributed by atoms with Gasteiger partial charge in [-0.3, -0.25) is 0 Å². The molecule has 0 bridgehead atoms. The third-order valence-corrected chi connectivity index (χ3v) is 0.953. The van der Waals surface area contributed by atoms with Gasteiger partial charge in [-0.2, -0.15) is 30.7 Å². The molecule has 0 unspecified atom stereocenters. The van der Waals surface area contributed by atoms with Crippen molar-refractivity contribution in [2.75, 3.05) is 7.11 Å². The van der Waals surface area contributed by atoms with Crippen molar-refractivity contribution in [3.05, 3.63) is 11.7 Å². The number of hydrogen-bond donors (Lipinski definition) is 0. The lowest BCUT2D eigenvalue weighted by atomic mass is 10.4. The Labute approximate surface area is 67.8 Å². The zero-order valence-electron chi connectivity index (χ0n) is 6.05. The number of alkyl halides is 5. The number of halogens is 7. The molecule has 78 valence electrons. The van der Waals surface area contributed by atoms with Crippen LogP contribution in [0.5, 0.6) is 0 Å². The van der Waals surface area contributed by atoms with E-state index in [-0.39, 0.29) is 7.11 Å². The highest BCUT2D eigenvalue weighted by atomic mass is 19.4. The normalized spacial score (nSPS) is 15.7. The Morgan fingerprint density at radius 3 is 1.54 bits per heavy atom. The van der Waals surface area contributed by atoms with Crippen LogP contribution in [0.4, 0.5) is 30.7 Å². The summed E-state index contributed by atoms with van der Waals surface area (Å²) in [4.78, 5) is 0. The first kappa shape index (κ1) is 12.2. The first-order valence-corrected chi connectivity index (χ1v) is 2.69. The van der Waals surface area contributed by atoms with E-state index in [1.807, 2.05) is 0 Å². The van der Waals surface area contributed by atoms with E-state index in [1.54, 1.807) is 0 Å². The number of allylic oxidation sites excluding steroid dienone is 1. The van der Waals surface area contributed by atoms with Crippen molar-refractivity contribution in [3.63, 3.8) is 0 Å². The molecule has 8 heteroatoms. The molecule has 0 aromatic heterocycles. The minimum Gasteiger partial charge on any atom is -0.318 e. The predicted octanol–water partition coefficient (Wildman–Crippen LogP) is 2.94. The average Bonchev–Trinajstić information content (AvgIpc) is 2.00. The van der Waals surface area contributed by atoms with Crippen molar-refractivity contribution in [3.8, 4) is 0 Å². The van der Waals surface area contributed by atoms with Crippen molar-refractivity contribution in [1.82, 2.24) is 0 Å². The van der Waals surface area contributed by atoms with Crippen LogP contribution in [0.15, 0.2) is 11.7 Å². The van der Waals surface area contributed by atoms with E-state index in [4.69, 9.17) is 0 Å². The third kappa shape index (κ3) is 2.87. The molecular weight excluding hydrogens is 209 g/mol. The third-order valence-electron chi connectivity index (χ3n) is 0.953. The lowest BCUT2D eigenvalue weighted by Crippen LogP contribution is -2.24. The molecule has 0 aromatic carbocycles. The number of hydrogen-bond acceptors (Lipinski definition) is 1. The lowest BCUT2D eigenvalue weighted by molar-refractivity contribution is -0.209. The van der Waals surface area contributed by atoms with Gasteiger partial charge in [-0.15, -0.1) is 0 Å². The molecule has 0 heterocycles. The van der Waals surface area contributed by atoms with Gasteiger partial charge in [0.2, 0.25) is 11.7 Å². The standard InChI is InChI=1S/C5H3F7O/c1-13-5(11,12)3(7)2(6)4(8,9)10/h1H3/b3-2+. The van der Waals surface area contributed by atoms with E-state index in [9.17, 15) is 30.7 Å². The molecule has 0 aliphatic carbocycles. The van der Waals surface area contributed by atoms with E-state index in [0.717, 1.165) is 0 Å². The fourth-order valence-corrected chi connectivity index (χ4v) is 0.342. The van der Waals surface area contributed by atoms with E-state index >= 15 is 0 Å². The van der Waals surface area contributed by atoms with Crippen LogP contribution in [0.1, 0.15) is 0 Å². The molecular formula is C5H3F7O. The van der Waals surface area contributed by atoms with Gasteiger partial charge < -0.3 is 4.74 Å². The molecule has 0 aliphatic rings. The second kappa shape index (κ2) is 3.52. The maximum Gasteiger partial charge on any atom is 0.445 e. The van der Waals surface area contributed by atoms with Crippen molar-refractivity contribution in [2.24, 2.45) is 0 Å². The molecule has 0 radical (unpaired) electrons. The Balaban J connectivity index is 5.04. The van der Waals surface area contributed by atoms with Gasteiger partial charge in [0.15, 0.2) is 0 Å². The van der Waals surface area contributed by atoms with Gasteiger partial charge >= 0.3 is 12.3 Å². The zero-order valence-corrected chi connectivity index (χ0v) is 6.05. The van der Waals surface area contributed by atoms with Gasteiger partial charge in [0, 0.05) is 7.11 Å². The van der Waals surface area contributed by atoms with Crippen LogP contribution in [-0.2, 0) is 4.74 Å². The maximum atomic E-state index is 12.0. The first-order valence-electron chi connectivity index (χ1n) is 2.69. The van der Waals surface area contributed by atoms with Gasteiger partial charge in [0.05, 0.1) is 0 Å². The second-order valence-electron chi connectivity index (χ2n) is 1.85. The minimum atomic E-state index is -5.79. The average molecular weight is 212 g/mol. The Bertz CT molecular complexity index is 215. The smallest absolute Gasteiger partial charge is 0.318 e. The molecule has 0 fully saturated rings. The molecule has 0 aromatic rings. The van der Waals surface area contributed by atoms with Crippen LogP contribution in [0.25, 0.3) is 0 Å². The van der Waals surface area contributed by atoms with Gasteiger partial charge in [-0.25, -0.2) is 0 Å². The van der Waals surface area contributed by atoms with Crippen LogP contribution in [-0.4, -0.2) is 19.4 Å². The molecule has 0 spiro atoms. The van der Waals surface area contributed by atoms with Gasteiger partial charge in [-0.05, 0) is 0 Å². The fraction of sp³-hybridized carbons (Fsp3) is 0.600. The van der Waals surface area contributed by atoms with E-state index in [2.05, 4.69) is 4.74 Å². The molecule has 0 atom stereocenters. The largest absolute Gasteiger partial charge is 0.445 e. The van der Waals surface area contributed by atoms with Crippen LogP contribution in [0, 0.1) is 0 Å². The fourth-order valence-electron chi connectivity index (χ4n) is 0.342. The quantitative estimate of drug-likeness (QED) is 0.639. The summed E-state index contributed by atoms with van der Waals surface area (Å²) in [5.74, 6) is -6.79. The SMILES string of the molecule is COC(F)(F)/C(F)=C(\F)C(F)(F)F. The molecule has 0 aliphatic heterocycles. The van der Waals surface area contributed by atoms with Crippen LogP contribution < -0.4 is 0 Å². The molecule has 1 nitrogen and oxygen atoms in total. The summed E-state index contributed by atoms with van der Waals surface area (Å²) in [5.41, 5.74) is 0. The predicted molar refractivity (Wildman–Crippen MR) is 27.3 cm³/mol. The Kier molecular flexibility index (Phi) is 3.31. The molecule has 0 saturated carbocycles. The lowest BCUT2D eigenvalue weighted by Gasteiger charge is -2.13. The topological polar surface area (TPSA) is 9.23 Å². The summed E-state index contributed by atoms with van der Waals surface area (Å²) in [5, 5.41) is 0. The molecule has 0 amide bonds. The van der Waals surface area contributed by atoms with Gasteiger partial charge in [0.25, 0.3) is 0 Å². The highest BCUT2D eigenvalue weighted by Gasteiger charge is 2.47. The van der Waals surface area contributed by atoms with Crippen molar-refractivity contribution in [1.29, 1.82) is 0 Å². The monoisotopic (exact) mass is 212 g/mol. The minimum absolute atomic E-state index is 0.239. The van der Waals surface area contributed by atoms with Crippen LogP contribution in [0.3, 0.4) is 0 Å². The Morgan fingerprint density at radius 1 is 0.923 bits per heavy atom. The summed E-state index contributed by atoms with van der Waals surface area (Å²) in [6, 6.07) is 0. The number of methoxy groups -OCH3 is 1. The molecule has 0 rings (SSSR count). The van der Waals surface area contributed by atoms with Gasteiger partial charge in [-0.1, -0.05) is 0 Å². The summed E-state index contributed by atoms with van der Waals surface area (Å²) in [7, 11) is 0.239. The van der Waals surface area contributed by atoms with Crippen LogP contribution in [0.2, 0.25) is 0 Å². The Hall–Kier alpha value is -0.790. The number of rotatable bonds is 2. The molecule has 0 saturated heterocycles. The van der Waals surface area contributed by atoms with Crippen molar-refractivity contribution in [2.45, 2.75) is 12.3 Å². The second-order valence-corrected chi connectivity index (χ2v) is 1.85. The molecule has 13 heavy (non-hydrogen) atoms. The van der Waals surface area contributed by atoms with Crippen molar-refractivity contribution >= 4 is 0 Å². The summed E-state index contributed by atoms with van der Waals surface area (Å²) >= 11 is 0. The van der Waals surface area contributed by atoms with E-state index in [0.29, 0.717) is 0 Å². The summed E-state index contributed by atoms with van der Waals surface area (Å²) in [6.45, 7) is 0. The van der Waals surface area contributed by atoms with Crippen molar-refractivity contribution < 1.29 is 35.5 Å². The first-order chi connectivity index (χ1) is 5.63. The highest BCUT2D eigenvalue weighted by molar-refractivity contribution is 5.10. The van der Waals surface area contributed by atoms with E-state index < -0.39 is 23.9 Å². The highest BCUT2D eigenvalue weighted by Crippen LogP contribution is 2.36. The summed E-state index contributed by atoms with van der Waals surface area (Å²) in [6.07, 6.45) is -10.7. The van der Waals surface area contributed by atoms with E-state index in [1.165, 1.54) is 0 Å². The zero-order chi connectivity index (χ0) is 10.9. The van der Waals surface area contributed by atoms with Gasteiger partial charge in [0.1, 0.15) is 0 Å². The molecule has 0 N–H and O–H groups in total. The number of ether oxygens (including phenoxy) is 1.